The van der Waals surface area contributed by atoms with Crippen LogP contribution in [0.4, 0.5) is 24.8 Å². The summed E-state index contributed by atoms with van der Waals surface area (Å²) in [4.78, 5) is 12.8. The largest absolute Gasteiger partial charge is 0.416 e. The van der Waals surface area contributed by atoms with Crippen molar-refractivity contribution in [2.45, 2.75) is 6.18 Å². The number of hydrogen-bond donors (Lipinski definition) is 1. The van der Waals surface area contributed by atoms with Crippen molar-refractivity contribution in [3.8, 4) is 11.3 Å². The number of nitrogens with zero attached hydrogens (tertiary/aromatic N) is 3. The number of anilines is 2. The van der Waals surface area contributed by atoms with E-state index < -0.39 is 11.7 Å². The van der Waals surface area contributed by atoms with Gasteiger partial charge in [-0.1, -0.05) is 12.1 Å². The minimum atomic E-state index is -4.40. The molecule has 0 saturated heterocycles. The normalized spacial score (nSPS) is 11.7. The molecule has 4 rings (SSSR count). The maximum Gasteiger partial charge on any atom is 0.416 e. The lowest BCUT2D eigenvalue weighted by Crippen LogP contribution is -2.05. The van der Waals surface area contributed by atoms with E-state index in [0.717, 1.165) is 27.9 Å². The summed E-state index contributed by atoms with van der Waals surface area (Å²) in [7, 11) is 0. The van der Waals surface area contributed by atoms with Gasteiger partial charge in [0.15, 0.2) is 0 Å². The van der Waals surface area contributed by atoms with E-state index in [1.807, 2.05) is 18.2 Å². The van der Waals surface area contributed by atoms with E-state index in [1.165, 1.54) is 12.1 Å². The third kappa shape index (κ3) is 3.36. The predicted octanol–water partition coefficient (Wildman–Crippen LogP) is 5.52. The Morgan fingerprint density at radius 1 is 0.962 bits per heavy atom. The van der Waals surface area contributed by atoms with E-state index in [-0.39, 0.29) is 11.6 Å². The number of alkyl halides is 3. The fourth-order valence-electron chi connectivity index (χ4n) is 2.50. The predicted molar refractivity (Wildman–Crippen MR) is 95.4 cm³/mol. The SMILES string of the molecule is FC(F)(F)c1cccc(Nc2nccc(-c3ccc4scnc4c3)n2)c1. The second-order valence-electron chi connectivity index (χ2n) is 5.50. The van der Waals surface area contributed by atoms with Crippen LogP contribution >= 0.6 is 11.3 Å². The van der Waals surface area contributed by atoms with Crippen LogP contribution < -0.4 is 5.32 Å². The molecule has 0 atom stereocenters. The van der Waals surface area contributed by atoms with E-state index in [9.17, 15) is 13.2 Å². The molecule has 0 spiro atoms. The van der Waals surface area contributed by atoms with Crippen LogP contribution in [0, 0.1) is 0 Å². The summed E-state index contributed by atoms with van der Waals surface area (Å²) in [5.41, 5.74) is 3.70. The molecule has 26 heavy (non-hydrogen) atoms. The van der Waals surface area contributed by atoms with Gasteiger partial charge in [0, 0.05) is 17.4 Å². The van der Waals surface area contributed by atoms with E-state index in [1.54, 1.807) is 29.1 Å². The average molecular weight is 372 g/mol. The van der Waals surface area contributed by atoms with Gasteiger partial charge in [-0.2, -0.15) is 13.2 Å². The molecule has 0 amide bonds. The fraction of sp³-hybridized carbons (Fsp3) is 0.0556. The van der Waals surface area contributed by atoms with Gasteiger partial charge in [-0.3, -0.25) is 0 Å². The molecule has 8 heteroatoms. The van der Waals surface area contributed by atoms with E-state index in [0.29, 0.717) is 5.69 Å². The molecule has 130 valence electrons. The molecule has 2 heterocycles. The zero-order valence-electron chi connectivity index (χ0n) is 13.2. The maximum atomic E-state index is 12.8. The molecule has 0 aliphatic rings. The Hall–Kier alpha value is -3.00. The lowest BCUT2D eigenvalue weighted by Gasteiger charge is -2.10. The minimum Gasteiger partial charge on any atom is -0.324 e. The van der Waals surface area contributed by atoms with Crippen molar-refractivity contribution in [3.05, 3.63) is 65.8 Å². The number of rotatable bonds is 3. The standard InChI is InChI=1S/C18H11F3N4S/c19-18(20,21)12-2-1-3-13(9-12)24-17-22-7-6-14(25-17)11-4-5-16-15(8-11)23-10-26-16/h1-10H,(H,22,24,25). The lowest BCUT2D eigenvalue weighted by molar-refractivity contribution is -0.137. The van der Waals surface area contributed by atoms with Crippen LogP contribution in [0.2, 0.25) is 0 Å². The van der Waals surface area contributed by atoms with Gasteiger partial charge in [-0.05, 0) is 36.4 Å². The van der Waals surface area contributed by atoms with Gasteiger partial charge < -0.3 is 5.32 Å². The van der Waals surface area contributed by atoms with Crippen LogP contribution in [-0.4, -0.2) is 15.0 Å². The average Bonchev–Trinajstić information content (AvgIpc) is 3.09. The topological polar surface area (TPSA) is 50.7 Å². The molecule has 0 radical (unpaired) electrons. The van der Waals surface area contributed by atoms with Crippen LogP contribution in [0.25, 0.3) is 21.5 Å². The molecule has 2 aromatic carbocycles. The number of halogens is 3. The second-order valence-corrected chi connectivity index (χ2v) is 6.39. The highest BCUT2D eigenvalue weighted by molar-refractivity contribution is 7.16. The van der Waals surface area contributed by atoms with Gasteiger partial charge in [-0.15, -0.1) is 11.3 Å². The Morgan fingerprint density at radius 2 is 1.85 bits per heavy atom. The molecule has 4 aromatic rings. The van der Waals surface area contributed by atoms with E-state index in [2.05, 4.69) is 20.3 Å². The Morgan fingerprint density at radius 3 is 2.69 bits per heavy atom. The lowest BCUT2D eigenvalue weighted by atomic mass is 10.1. The van der Waals surface area contributed by atoms with Crippen molar-refractivity contribution in [2.24, 2.45) is 0 Å². The van der Waals surface area contributed by atoms with Crippen molar-refractivity contribution in [1.29, 1.82) is 0 Å². The molecule has 0 aliphatic carbocycles. The second kappa shape index (κ2) is 6.38. The summed E-state index contributed by atoms with van der Waals surface area (Å²) in [5, 5.41) is 2.82. The highest BCUT2D eigenvalue weighted by Crippen LogP contribution is 2.31. The van der Waals surface area contributed by atoms with Crippen LogP contribution in [0.5, 0.6) is 0 Å². The number of benzene rings is 2. The van der Waals surface area contributed by atoms with Crippen LogP contribution in [0.15, 0.2) is 60.2 Å². The van der Waals surface area contributed by atoms with Crippen LogP contribution in [0.1, 0.15) is 5.56 Å². The van der Waals surface area contributed by atoms with Crippen LogP contribution in [0.3, 0.4) is 0 Å². The fourth-order valence-corrected chi connectivity index (χ4v) is 3.16. The molecule has 0 bridgehead atoms. The molecule has 0 unspecified atom stereocenters. The number of fused-ring (bicyclic) bond motifs is 1. The van der Waals surface area contributed by atoms with Gasteiger partial charge in [0.25, 0.3) is 0 Å². The molecule has 4 nitrogen and oxygen atoms in total. The van der Waals surface area contributed by atoms with Gasteiger partial charge in [0.05, 0.1) is 27.0 Å². The summed E-state index contributed by atoms with van der Waals surface area (Å²) in [6.07, 6.45) is -2.84. The van der Waals surface area contributed by atoms with E-state index >= 15 is 0 Å². The Kier molecular flexibility index (Phi) is 4.04. The Labute approximate surface area is 150 Å². The first-order valence-corrected chi connectivity index (χ1v) is 8.48. The van der Waals surface area contributed by atoms with Crippen molar-refractivity contribution in [3.63, 3.8) is 0 Å². The summed E-state index contributed by atoms with van der Waals surface area (Å²) in [6, 6.07) is 12.5. The van der Waals surface area contributed by atoms with Crippen molar-refractivity contribution < 1.29 is 13.2 Å². The first-order valence-electron chi connectivity index (χ1n) is 7.60. The van der Waals surface area contributed by atoms with Crippen molar-refractivity contribution in [1.82, 2.24) is 15.0 Å². The Bertz CT molecular complexity index is 1080. The number of hydrogen-bond acceptors (Lipinski definition) is 5. The van der Waals surface area contributed by atoms with Crippen LogP contribution in [-0.2, 0) is 6.18 Å². The molecule has 0 fully saturated rings. The van der Waals surface area contributed by atoms with Crippen molar-refractivity contribution in [2.75, 3.05) is 5.32 Å². The first kappa shape index (κ1) is 16.5. The number of nitrogens with one attached hydrogen (secondary N) is 1. The van der Waals surface area contributed by atoms with Gasteiger partial charge in [-0.25, -0.2) is 15.0 Å². The molecule has 2 aromatic heterocycles. The summed E-state index contributed by atoms with van der Waals surface area (Å²) < 4.78 is 39.6. The molecule has 0 aliphatic heterocycles. The highest BCUT2D eigenvalue weighted by atomic mass is 32.1. The highest BCUT2D eigenvalue weighted by Gasteiger charge is 2.30. The minimum absolute atomic E-state index is 0.222. The smallest absolute Gasteiger partial charge is 0.324 e. The zero-order chi connectivity index (χ0) is 18.1. The maximum absolute atomic E-state index is 12.8. The summed E-state index contributed by atoms with van der Waals surface area (Å²) in [5.74, 6) is 0.222. The zero-order valence-corrected chi connectivity index (χ0v) is 14.0. The third-order valence-corrected chi connectivity index (χ3v) is 4.54. The molecular formula is C18H11F3N4S. The van der Waals surface area contributed by atoms with Gasteiger partial charge in [0.2, 0.25) is 5.95 Å². The quantitative estimate of drug-likeness (QED) is 0.515. The first-order chi connectivity index (χ1) is 12.5. The molecule has 1 N–H and O–H groups in total. The molecular weight excluding hydrogens is 361 g/mol. The van der Waals surface area contributed by atoms with E-state index in [4.69, 9.17) is 0 Å². The molecule has 0 saturated carbocycles. The number of thiazole rings is 1. The van der Waals surface area contributed by atoms with Gasteiger partial charge in [0.1, 0.15) is 0 Å². The summed E-state index contributed by atoms with van der Waals surface area (Å²) in [6.45, 7) is 0. The van der Waals surface area contributed by atoms with Crippen molar-refractivity contribution >= 4 is 33.2 Å². The van der Waals surface area contributed by atoms with Gasteiger partial charge >= 0.3 is 6.18 Å². The monoisotopic (exact) mass is 372 g/mol. The number of aromatic nitrogens is 3. The third-order valence-electron chi connectivity index (χ3n) is 3.73. The Balaban J connectivity index is 1.64. The summed E-state index contributed by atoms with van der Waals surface area (Å²) >= 11 is 1.55.